The highest BCUT2D eigenvalue weighted by Gasteiger charge is 2.21. The Morgan fingerprint density at radius 1 is 1.45 bits per heavy atom. The molecule has 0 atom stereocenters. The molecule has 0 saturated heterocycles. The van der Waals surface area contributed by atoms with Crippen LogP contribution in [0.4, 0.5) is 5.69 Å². The molecule has 0 aliphatic heterocycles. The highest BCUT2D eigenvalue weighted by atomic mass is 16.6. The lowest BCUT2D eigenvalue weighted by molar-refractivity contribution is -0.385. The van der Waals surface area contributed by atoms with E-state index in [1.807, 2.05) is 25.1 Å². The van der Waals surface area contributed by atoms with Gasteiger partial charge in [0.25, 0.3) is 0 Å². The van der Waals surface area contributed by atoms with Gasteiger partial charge in [0.15, 0.2) is 5.75 Å². The van der Waals surface area contributed by atoms with Gasteiger partial charge in [-0.1, -0.05) is 6.07 Å². The van der Waals surface area contributed by atoms with Crippen molar-refractivity contribution in [3.8, 4) is 5.75 Å². The van der Waals surface area contributed by atoms with E-state index in [1.165, 1.54) is 12.8 Å². The predicted octanol–water partition coefficient (Wildman–Crippen LogP) is 1.79. The van der Waals surface area contributed by atoms with Gasteiger partial charge in [-0.3, -0.25) is 10.1 Å². The predicted molar refractivity (Wildman–Crippen MR) is 77.0 cm³/mol. The molecule has 1 aliphatic rings. The quantitative estimate of drug-likeness (QED) is 0.580. The van der Waals surface area contributed by atoms with Crippen LogP contribution in [0.5, 0.6) is 5.75 Å². The monoisotopic (exact) mass is 279 g/mol. The fourth-order valence-corrected chi connectivity index (χ4v) is 1.83. The summed E-state index contributed by atoms with van der Waals surface area (Å²) in [5.41, 5.74) is 0.961. The zero-order valence-electron chi connectivity index (χ0n) is 12.0. The maximum Gasteiger partial charge on any atom is 0.311 e. The minimum absolute atomic E-state index is 0.0406. The molecule has 1 N–H and O–H groups in total. The first kappa shape index (κ1) is 14.7. The first-order chi connectivity index (χ1) is 9.56. The van der Waals surface area contributed by atoms with E-state index in [0.717, 1.165) is 12.1 Å². The fourth-order valence-electron chi connectivity index (χ4n) is 1.83. The molecule has 0 amide bonds. The highest BCUT2D eigenvalue weighted by Crippen LogP contribution is 2.28. The Hall–Kier alpha value is -1.66. The summed E-state index contributed by atoms with van der Waals surface area (Å²) >= 11 is 0. The number of nitro groups is 1. The highest BCUT2D eigenvalue weighted by molar-refractivity contribution is 5.48. The van der Waals surface area contributed by atoms with Crippen molar-refractivity contribution in [2.75, 3.05) is 27.2 Å². The lowest BCUT2D eigenvalue weighted by Gasteiger charge is -2.12. The topological polar surface area (TPSA) is 67.6 Å². The molecule has 0 radical (unpaired) electrons. The average Bonchev–Trinajstić information content (AvgIpc) is 3.20. The summed E-state index contributed by atoms with van der Waals surface area (Å²) in [5, 5.41) is 14.5. The summed E-state index contributed by atoms with van der Waals surface area (Å²) in [5.74, 6) is 0.340. The number of rotatable bonds is 8. The number of hydrogen-bond acceptors (Lipinski definition) is 5. The van der Waals surface area contributed by atoms with Gasteiger partial charge >= 0.3 is 5.69 Å². The normalized spacial score (nSPS) is 14.6. The second kappa shape index (κ2) is 6.67. The van der Waals surface area contributed by atoms with Crippen LogP contribution in [0.2, 0.25) is 0 Å². The van der Waals surface area contributed by atoms with Gasteiger partial charge in [-0.25, -0.2) is 0 Å². The number of benzene rings is 1. The van der Waals surface area contributed by atoms with Crippen molar-refractivity contribution in [3.63, 3.8) is 0 Å². The number of likely N-dealkylation sites (N-methyl/N-ethyl adjacent to an activating group) is 1. The van der Waals surface area contributed by atoms with E-state index in [0.29, 0.717) is 24.9 Å². The molecule has 1 fully saturated rings. The van der Waals surface area contributed by atoms with Crippen LogP contribution in [0.3, 0.4) is 0 Å². The number of nitro benzene ring substituents is 1. The number of nitrogens with one attached hydrogen (secondary N) is 1. The Balaban J connectivity index is 2.00. The minimum Gasteiger partial charge on any atom is -0.485 e. The third kappa shape index (κ3) is 4.47. The van der Waals surface area contributed by atoms with Gasteiger partial charge in [-0.2, -0.15) is 0 Å². The van der Waals surface area contributed by atoms with E-state index in [-0.39, 0.29) is 10.6 Å². The smallest absolute Gasteiger partial charge is 0.311 e. The molecule has 110 valence electrons. The Kier molecular flexibility index (Phi) is 4.92. The van der Waals surface area contributed by atoms with Crippen molar-refractivity contribution in [2.24, 2.45) is 0 Å². The maximum absolute atomic E-state index is 11.1. The molecule has 2 rings (SSSR count). The van der Waals surface area contributed by atoms with Crippen molar-refractivity contribution in [1.29, 1.82) is 0 Å². The third-order valence-corrected chi connectivity index (χ3v) is 3.19. The van der Waals surface area contributed by atoms with Crippen molar-refractivity contribution in [3.05, 3.63) is 33.9 Å². The van der Waals surface area contributed by atoms with E-state index >= 15 is 0 Å². The number of hydrogen-bond donors (Lipinski definition) is 1. The molecule has 1 aromatic carbocycles. The van der Waals surface area contributed by atoms with Gasteiger partial charge in [0.2, 0.25) is 0 Å². The molecule has 0 spiro atoms. The van der Waals surface area contributed by atoms with E-state index < -0.39 is 0 Å². The van der Waals surface area contributed by atoms with Gasteiger partial charge in [0.05, 0.1) is 4.92 Å². The van der Waals surface area contributed by atoms with E-state index in [9.17, 15) is 10.1 Å². The molecule has 0 heterocycles. The molecule has 1 aromatic rings. The SMILES string of the molecule is CN(C)CCOc1ccc(CNC2CC2)cc1[N+](=O)[O-]. The number of ether oxygens (including phenoxy) is 1. The van der Waals surface area contributed by atoms with Gasteiger partial charge in [-0.15, -0.1) is 0 Å². The van der Waals surface area contributed by atoms with Gasteiger partial charge in [0, 0.05) is 25.2 Å². The van der Waals surface area contributed by atoms with E-state index in [1.54, 1.807) is 12.1 Å². The number of nitrogens with zero attached hydrogens (tertiary/aromatic N) is 2. The van der Waals surface area contributed by atoms with E-state index in [4.69, 9.17) is 4.74 Å². The van der Waals surface area contributed by atoms with Crippen molar-refractivity contribution in [2.45, 2.75) is 25.4 Å². The van der Waals surface area contributed by atoms with Crippen LogP contribution < -0.4 is 10.1 Å². The van der Waals surface area contributed by atoms with Crippen molar-refractivity contribution in [1.82, 2.24) is 10.2 Å². The molecule has 1 aliphatic carbocycles. The Morgan fingerprint density at radius 2 is 2.20 bits per heavy atom. The lowest BCUT2D eigenvalue weighted by Crippen LogP contribution is -2.19. The third-order valence-electron chi connectivity index (χ3n) is 3.19. The van der Waals surface area contributed by atoms with Gasteiger partial charge in [0.1, 0.15) is 6.61 Å². The molecule has 20 heavy (non-hydrogen) atoms. The molecular formula is C14H21N3O3. The molecule has 0 bridgehead atoms. The molecular weight excluding hydrogens is 258 g/mol. The minimum atomic E-state index is -0.383. The van der Waals surface area contributed by atoms with Crippen LogP contribution in [0, 0.1) is 10.1 Å². The van der Waals surface area contributed by atoms with E-state index in [2.05, 4.69) is 5.32 Å². The van der Waals surface area contributed by atoms with Crippen LogP contribution >= 0.6 is 0 Å². The first-order valence-corrected chi connectivity index (χ1v) is 6.84. The molecule has 6 nitrogen and oxygen atoms in total. The lowest BCUT2D eigenvalue weighted by atomic mass is 10.2. The summed E-state index contributed by atoms with van der Waals surface area (Å²) in [7, 11) is 3.87. The van der Waals surface area contributed by atoms with Crippen LogP contribution in [-0.4, -0.2) is 43.1 Å². The Bertz CT molecular complexity index is 473. The molecule has 6 heteroatoms. The zero-order chi connectivity index (χ0) is 14.5. The first-order valence-electron chi connectivity index (χ1n) is 6.84. The van der Waals surface area contributed by atoms with Crippen LogP contribution in [0.1, 0.15) is 18.4 Å². The van der Waals surface area contributed by atoms with Crippen LogP contribution in [-0.2, 0) is 6.54 Å². The zero-order valence-corrected chi connectivity index (χ0v) is 12.0. The standard InChI is InChI=1S/C14H21N3O3/c1-16(2)7-8-20-14-6-3-11(9-13(14)17(18)19)10-15-12-4-5-12/h3,6,9,12,15H,4-5,7-8,10H2,1-2H3. The summed E-state index contributed by atoms with van der Waals surface area (Å²) in [6, 6.07) is 5.76. The largest absolute Gasteiger partial charge is 0.485 e. The van der Waals surface area contributed by atoms with Crippen molar-refractivity contribution >= 4 is 5.69 Å². The second-order valence-corrected chi connectivity index (χ2v) is 5.37. The Morgan fingerprint density at radius 3 is 2.80 bits per heavy atom. The summed E-state index contributed by atoms with van der Waals surface area (Å²) < 4.78 is 5.50. The second-order valence-electron chi connectivity index (χ2n) is 5.37. The van der Waals surface area contributed by atoms with Crippen molar-refractivity contribution < 1.29 is 9.66 Å². The summed E-state index contributed by atoms with van der Waals surface area (Å²) in [6.45, 7) is 1.83. The molecule has 1 saturated carbocycles. The summed E-state index contributed by atoms with van der Waals surface area (Å²) in [4.78, 5) is 12.7. The van der Waals surface area contributed by atoms with Gasteiger partial charge in [-0.05, 0) is 38.6 Å². The molecule has 0 unspecified atom stereocenters. The maximum atomic E-state index is 11.1. The van der Waals surface area contributed by atoms with Crippen LogP contribution in [0.25, 0.3) is 0 Å². The Labute approximate surface area is 118 Å². The fraction of sp³-hybridized carbons (Fsp3) is 0.571. The molecule has 0 aromatic heterocycles. The summed E-state index contributed by atoms with van der Waals surface area (Å²) in [6.07, 6.45) is 2.40. The van der Waals surface area contributed by atoms with Gasteiger partial charge < -0.3 is 15.0 Å². The van der Waals surface area contributed by atoms with Crippen LogP contribution in [0.15, 0.2) is 18.2 Å². The average molecular weight is 279 g/mol.